The first-order chi connectivity index (χ1) is 13.9. The average molecular weight is 464 g/mol. The number of rotatable bonds is 7. The Kier molecular flexibility index (Phi) is 7.32. The lowest BCUT2D eigenvalue weighted by atomic mass is 10.2. The molecule has 0 radical (unpaired) electrons. The van der Waals surface area contributed by atoms with Gasteiger partial charge in [-0.15, -0.1) is 0 Å². The molecular weight excluding hydrogens is 447 g/mol. The van der Waals surface area contributed by atoms with Gasteiger partial charge in [0.25, 0.3) is 5.91 Å². The Morgan fingerprint density at radius 2 is 1.93 bits per heavy atom. The highest BCUT2D eigenvalue weighted by atomic mass is 35.5. The van der Waals surface area contributed by atoms with Crippen LogP contribution in [0, 0.1) is 0 Å². The van der Waals surface area contributed by atoms with Crippen LogP contribution in [-0.2, 0) is 21.0 Å². The largest absolute Gasteiger partial charge is 0.496 e. The number of carbonyl (C=O) groups excluding carboxylic acids is 1. The van der Waals surface area contributed by atoms with Crippen LogP contribution in [0.4, 0.5) is 18.9 Å². The summed E-state index contributed by atoms with van der Waals surface area (Å²) < 4.78 is 68.8. The second kappa shape index (κ2) is 9.35. The number of hydrogen-bond acceptors (Lipinski definition) is 5. The number of hydrazone groups is 1. The molecule has 0 aliphatic carbocycles. The number of methoxy groups -OCH3 is 1. The van der Waals surface area contributed by atoms with Crippen molar-refractivity contribution in [2.45, 2.75) is 6.18 Å². The van der Waals surface area contributed by atoms with Crippen molar-refractivity contribution in [3.05, 3.63) is 58.6 Å². The fraction of sp³-hybridized carbons (Fsp3) is 0.222. The number of alkyl halides is 3. The molecule has 2 aromatic carbocycles. The SMILES string of the molecule is COc1ccccc1/C=N/NC(=O)CN(c1cc(C(F)(F)F)ccc1Cl)S(C)(=O)=O. The van der Waals surface area contributed by atoms with Crippen LogP contribution >= 0.6 is 11.6 Å². The Morgan fingerprint density at radius 3 is 2.53 bits per heavy atom. The first kappa shape index (κ1) is 23.5. The van der Waals surface area contributed by atoms with Crippen LogP contribution in [0.5, 0.6) is 5.75 Å². The van der Waals surface area contributed by atoms with Gasteiger partial charge in [0.05, 0.1) is 35.9 Å². The second-order valence-electron chi connectivity index (χ2n) is 5.97. The number of amides is 1. The lowest BCUT2D eigenvalue weighted by molar-refractivity contribution is -0.137. The summed E-state index contributed by atoms with van der Waals surface area (Å²) in [5.41, 5.74) is 1.08. The third kappa shape index (κ3) is 6.10. The average Bonchev–Trinajstić information content (AvgIpc) is 2.65. The van der Waals surface area contributed by atoms with Crippen LogP contribution < -0.4 is 14.5 Å². The number of anilines is 1. The van der Waals surface area contributed by atoms with Gasteiger partial charge < -0.3 is 4.74 Å². The Balaban J connectivity index is 2.24. The fourth-order valence-electron chi connectivity index (χ4n) is 2.37. The number of halogens is 4. The summed E-state index contributed by atoms with van der Waals surface area (Å²) in [4.78, 5) is 12.2. The number of carbonyl (C=O) groups is 1. The van der Waals surface area contributed by atoms with Gasteiger partial charge in [-0.1, -0.05) is 23.7 Å². The number of hydrogen-bond donors (Lipinski definition) is 1. The zero-order chi connectivity index (χ0) is 22.5. The van der Waals surface area contributed by atoms with E-state index in [2.05, 4.69) is 10.5 Å². The summed E-state index contributed by atoms with van der Waals surface area (Å²) in [5, 5.41) is 3.45. The van der Waals surface area contributed by atoms with Gasteiger partial charge >= 0.3 is 6.18 Å². The molecule has 0 saturated carbocycles. The number of nitrogens with one attached hydrogen (secondary N) is 1. The topological polar surface area (TPSA) is 88.1 Å². The molecule has 2 aromatic rings. The monoisotopic (exact) mass is 463 g/mol. The Bertz CT molecular complexity index is 1060. The van der Waals surface area contributed by atoms with E-state index >= 15 is 0 Å². The van der Waals surface area contributed by atoms with Crippen LogP contribution in [-0.4, -0.2) is 40.4 Å². The van der Waals surface area contributed by atoms with E-state index in [1.807, 2.05) is 0 Å². The van der Waals surface area contributed by atoms with E-state index in [9.17, 15) is 26.4 Å². The summed E-state index contributed by atoms with van der Waals surface area (Å²) in [6.07, 6.45) is -2.70. The third-order valence-corrected chi connectivity index (χ3v) is 5.21. The quantitative estimate of drug-likeness (QED) is 0.504. The Hall–Kier alpha value is -2.79. The van der Waals surface area contributed by atoms with Crippen molar-refractivity contribution in [1.82, 2.24) is 5.43 Å². The minimum atomic E-state index is -4.72. The summed E-state index contributed by atoms with van der Waals surface area (Å²) in [6, 6.07) is 8.97. The molecule has 0 heterocycles. The minimum Gasteiger partial charge on any atom is -0.496 e. The Labute approximate surface area is 176 Å². The van der Waals surface area contributed by atoms with Crippen LogP contribution in [0.15, 0.2) is 47.6 Å². The lowest BCUT2D eigenvalue weighted by Gasteiger charge is -2.23. The van der Waals surface area contributed by atoms with Gasteiger partial charge in [0.2, 0.25) is 10.0 Å². The summed E-state index contributed by atoms with van der Waals surface area (Å²) in [5.74, 6) is -0.399. The van der Waals surface area contributed by atoms with Crippen LogP contribution in [0.25, 0.3) is 0 Å². The molecule has 0 bridgehead atoms. The highest BCUT2D eigenvalue weighted by Gasteiger charge is 2.33. The molecule has 1 N–H and O–H groups in total. The molecule has 0 unspecified atom stereocenters. The maximum absolute atomic E-state index is 13.0. The summed E-state index contributed by atoms with van der Waals surface area (Å²) in [6.45, 7) is -0.830. The van der Waals surface area contributed by atoms with Crippen molar-refractivity contribution in [3.8, 4) is 5.75 Å². The van der Waals surface area contributed by atoms with Gasteiger partial charge in [-0.3, -0.25) is 9.10 Å². The highest BCUT2D eigenvalue weighted by molar-refractivity contribution is 7.92. The predicted octanol–water partition coefficient (Wildman–Crippen LogP) is 3.28. The highest BCUT2D eigenvalue weighted by Crippen LogP contribution is 2.36. The molecule has 12 heteroatoms. The number of benzene rings is 2. The molecular formula is C18H17ClF3N3O4S. The summed E-state index contributed by atoms with van der Waals surface area (Å²) >= 11 is 5.90. The molecule has 30 heavy (non-hydrogen) atoms. The maximum Gasteiger partial charge on any atom is 0.416 e. The number of sulfonamides is 1. The number of ether oxygens (including phenoxy) is 1. The van der Waals surface area contributed by atoms with Crippen molar-refractivity contribution in [1.29, 1.82) is 0 Å². The van der Waals surface area contributed by atoms with Crippen molar-refractivity contribution in [2.75, 3.05) is 24.2 Å². The number of nitrogens with zero attached hydrogens (tertiary/aromatic N) is 2. The molecule has 162 valence electrons. The van der Waals surface area contributed by atoms with Gasteiger partial charge in [0.15, 0.2) is 0 Å². The van der Waals surface area contributed by atoms with Crippen molar-refractivity contribution < 1.29 is 31.1 Å². The van der Waals surface area contributed by atoms with Crippen molar-refractivity contribution in [3.63, 3.8) is 0 Å². The van der Waals surface area contributed by atoms with E-state index in [0.29, 0.717) is 27.8 Å². The van der Waals surface area contributed by atoms with E-state index in [1.165, 1.54) is 13.3 Å². The molecule has 7 nitrogen and oxygen atoms in total. The molecule has 0 aliphatic heterocycles. The fourth-order valence-corrected chi connectivity index (χ4v) is 3.50. The lowest BCUT2D eigenvalue weighted by Crippen LogP contribution is -2.39. The second-order valence-corrected chi connectivity index (χ2v) is 8.28. The first-order valence-electron chi connectivity index (χ1n) is 8.23. The standard InChI is InChI=1S/C18H17ClF3N3O4S/c1-29-16-6-4-3-5-12(16)10-23-24-17(26)11-25(30(2,27)28)15-9-13(18(20,21)22)7-8-14(15)19/h3-10H,11H2,1-2H3,(H,24,26)/b23-10+. The van der Waals surface area contributed by atoms with Gasteiger partial charge in [-0.05, 0) is 30.3 Å². The van der Waals surface area contributed by atoms with Crippen LogP contribution in [0.1, 0.15) is 11.1 Å². The smallest absolute Gasteiger partial charge is 0.416 e. The van der Waals surface area contributed by atoms with E-state index in [0.717, 1.165) is 12.3 Å². The zero-order valence-corrected chi connectivity index (χ0v) is 17.3. The van der Waals surface area contributed by atoms with Crippen molar-refractivity contribution in [2.24, 2.45) is 5.10 Å². The van der Waals surface area contributed by atoms with Gasteiger partial charge in [0, 0.05) is 5.56 Å². The van der Waals surface area contributed by atoms with Crippen molar-refractivity contribution >= 4 is 39.4 Å². The van der Waals surface area contributed by atoms with Gasteiger partial charge in [0.1, 0.15) is 12.3 Å². The van der Waals surface area contributed by atoms with Crippen LogP contribution in [0.3, 0.4) is 0 Å². The molecule has 1 amide bonds. The van der Waals surface area contributed by atoms with E-state index in [1.54, 1.807) is 24.3 Å². The molecule has 0 fully saturated rings. The first-order valence-corrected chi connectivity index (χ1v) is 10.5. The van der Waals surface area contributed by atoms with E-state index in [-0.39, 0.29) is 5.02 Å². The normalized spacial score (nSPS) is 12.1. The molecule has 0 aromatic heterocycles. The van der Waals surface area contributed by atoms with Crippen LogP contribution in [0.2, 0.25) is 5.02 Å². The zero-order valence-electron chi connectivity index (χ0n) is 15.8. The number of para-hydroxylation sites is 1. The molecule has 0 aliphatic rings. The molecule has 0 spiro atoms. The van der Waals surface area contributed by atoms with E-state index < -0.39 is 39.9 Å². The minimum absolute atomic E-state index is 0.265. The predicted molar refractivity (Wildman–Crippen MR) is 107 cm³/mol. The van der Waals surface area contributed by atoms with E-state index in [4.69, 9.17) is 16.3 Å². The Morgan fingerprint density at radius 1 is 1.27 bits per heavy atom. The summed E-state index contributed by atoms with van der Waals surface area (Å²) in [7, 11) is -2.68. The third-order valence-electron chi connectivity index (χ3n) is 3.76. The molecule has 0 atom stereocenters. The molecule has 0 saturated heterocycles. The van der Waals surface area contributed by atoms with Gasteiger partial charge in [-0.2, -0.15) is 18.3 Å². The maximum atomic E-state index is 13.0. The van der Waals surface area contributed by atoms with Gasteiger partial charge in [-0.25, -0.2) is 13.8 Å². The molecule has 2 rings (SSSR count).